The first-order chi connectivity index (χ1) is 11.4. The fraction of sp³-hybridized carbons (Fsp3) is 0.188. The number of carbonyl (C=O) groups excluding carboxylic acids is 1. The summed E-state index contributed by atoms with van der Waals surface area (Å²) in [7, 11) is -3.77. The Morgan fingerprint density at radius 1 is 1.25 bits per heavy atom. The summed E-state index contributed by atoms with van der Waals surface area (Å²) in [5, 5.41) is 2.66. The third kappa shape index (κ3) is 3.34. The van der Waals surface area contributed by atoms with Gasteiger partial charge < -0.3 is 10.1 Å². The minimum Gasteiger partial charge on any atom is -0.482 e. The molecule has 0 radical (unpaired) electrons. The lowest BCUT2D eigenvalue weighted by molar-refractivity contribution is -0.118. The number of nitrogens with one attached hydrogen (secondary N) is 2. The summed E-state index contributed by atoms with van der Waals surface area (Å²) in [5.41, 5.74) is 1.49. The van der Waals surface area contributed by atoms with Crippen LogP contribution in [0.15, 0.2) is 46.2 Å². The van der Waals surface area contributed by atoms with Gasteiger partial charge in [0.15, 0.2) is 6.61 Å². The molecule has 1 amide bonds. The highest BCUT2D eigenvalue weighted by molar-refractivity contribution is 7.98. The topological polar surface area (TPSA) is 84.5 Å². The fourth-order valence-corrected chi connectivity index (χ4v) is 4.15. The van der Waals surface area contributed by atoms with Gasteiger partial charge >= 0.3 is 0 Å². The second-order valence-electron chi connectivity index (χ2n) is 5.29. The maximum absolute atomic E-state index is 12.7. The van der Waals surface area contributed by atoms with Gasteiger partial charge in [-0.1, -0.05) is 6.07 Å². The Kier molecular flexibility index (Phi) is 4.42. The van der Waals surface area contributed by atoms with E-state index in [9.17, 15) is 13.2 Å². The fourth-order valence-electron chi connectivity index (χ4n) is 2.40. The van der Waals surface area contributed by atoms with Crippen LogP contribution in [0.5, 0.6) is 5.75 Å². The number of thioether (sulfide) groups is 1. The van der Waals surface area contributed by atoms with E-state index in [4.69, 9.17) is 4.74 Å². The molecule has 8 heteroatoms. The average molecular weight is 364 g/mol. The minimum absolute atomic E-state index is 0.118. The van der Waals surface area contributed by atoms with E-state index >= 15 is 0 Å². The lowest BCUT2D eigenvalue weighted by Crippen LogP contribution is -2.26. The molecule has 126 valence electrons. The standard InChI is InChI=1S/C16H16N2O4S2/c1-10-6-13-14(22-9-16(19)17-13)8-15(10)24(20,21)18-11-4-3-5-12(7-11)23-2/h3-8,18H,9H2,1-2H3,(H,17,19). The normalized spacial score (nSPS) is 13.7. The van der Waals surface area contributed by atoms with E-state index in [2.05, 4.69) is 10.0 Å². The van der Waals surface area contributed by atoms with Gasteiger partial charge in [-0.3, -0.25) is 9.52 Å². The van der Waals surface area contributed by atoms with Crippen molar-refractivity contribution in [2.24, 2.45) is 0 Å². The van der Waals surface area contributed by atoms with Gasteiger partial charge in [-0.25, -0.2) is 8.42 Å². The molecule has 0 spiro atoms. The zero-order valence-electron chi connectivity index (χ0n) is 13.1. The lowest BCUT2D eigenvalue weighted by Gasteiger charge is -2.20. The number of sulfonamides is 1. The SMILES string of the molecule is CSc1cccc(NS(=O)(=O)c2cc3c(cc2C)NC(=O)CO3)c1. The molecule has 2 aromatic rings. The summed E-state index contributed by atoms with van der Waals surface area (Å²) < 4.78 is 33.3. The van der Waals surface area contributed by atoms with Crippen molar-refractivity contribution in [1.82, 2.24) is 0 Å². The number of rotatable bonds is 4. The van der Waals surface area contributed by atoms with Crippen molar-refractivity contribution in [3.63, 3.8) is 0 Å². The molecule has 0 fully saturated rings. The zero-order valence-corrected chi connectivity index (χ0v) is 14.8. The number of hydrogen-bond acceptors (Lipinski definition) is 5. The maximum Gasteiger partial charge on any atom is 0.262 e. The Morgan fingerprint density at radius 3 is 2.79 bits per heavy atom. The first kappa shape index (κ1) is 16.7. The molecule has 0 aliphatic carbocycles. The number of benzene rings is 2. The lowest BCUT2D eigenvalue weighted by atomic mass is 10.2. The van der Waals surface area contributed by atoms with E-state index in [-0.39, 0.29) is 17.4 Å². The van der Waals surface area contributed by atoms with Gasteiger partial charge in [0.2, 0.25) is 0 Å². The first-order valence-corrected chi connectivity index (χ1v) is 9.84. The van der Waals surface area contributed by atoms with Crippen molar-refractivity contribution in [2.75, 3.05) is 22.9 Å². The van der Waals surface area contributed by atoms with Gasteiger partial charge in [-0.2, -0.15) is 0 Å². The van der Waals surface area contributed by atoms with E-state index in [1.165, 1.54) is 17.8 Å². The number of anilines is 2. The van der Waals surface area contributed by atoms with Crippen molar-refractivity contribution < 1.29 is 17.9 Å². The Labute approximate surface area is 144 Å². The van der Waals surface area contributed by atoms with Gasteiger partial charge in [0.1, 0.15) is 5.75 Å². The van der Waals surface area contributed by atoms with Gasteiger partial charge in [0.25, 0.3) is 15.9 Å². The van der Waals surface area contributed by atoms with Crippen molar-refractivity contribution in [3.05, 3.63) is 42.0 Å². The zero-order chi connectivity index (χ0) is 17.3. The molecule has 0 aromatic heterocycles. The van der Waals surface area contributed by atoms with Crippen LogP contribution >= 0.6 is 11.8 Å². The summed E-state index contributed by atoms with van der Waals surface area (Å²) in [6, 6.07) is 10.2. The molecule has 3 rings (SSSR count). The van der Waals surface area contributed by atoms with Crippen LogP contribution < -0.4 is 14.8 Å². The smallest absolute Gasteiger partial charge is 0.262 e. The molecule has 0 bridgehead atoms. The number of carbonyl (C=O) groups is 1. The molecule has 2 N–H and O–H groups in total. The quantitative estimate of drug-likeness (QED) is 0.815. The van der Waals surface area contributed by atoms with Gasteiger partial charge in [0.05, 0.1) is 10.6 Å². The Morgan fingerprint density at radius 2 is 2.04 bits per heavy atom. The summed E-state index contributed by atoms with van der Waals surface area (Å²) in [6.45, 7) is 1.55. The van der Waals surface area contributed by atoms with Crippen LogP contribution in [0.25, 0.3) is 0 Å². The van der Waals surface area contributed by atoms with E-state index in [0.29, 0.717) is 22.7 Å². The summed E-state index contributed by atoms with van der Waals surface area (Å²) >= 11 is 1.53. The highest BCUT2D eigenvalue weighted by Crippen LogP contribution is 2.33. The van der Waals surface area contributed by atoms with Gasteiger partial charge in [-0.05, 0) is 43.0 Å². The number of aryl methyl sites for hydroxylation is 1. The first-order valence-electron chi connectivity index (χ1n) is 7.13. The number of fused-ring (bicyclic) bond motifs is 1. The Bertz CT molecular complexity index is 910. The molecular weight excluding hydrogens is 348 g/mol. The maximum atomic E-state index is 12.7. The molecule has 0 unspecified atom stereocenters. The molecule has 6 nitrogen and oxygen atoms in total. The van der Waals surface area contributed by atoms with Gasteiger partial charge in [0, 0.05) is 16.6 Å². The van der Waals surface area contributed by atoms with Crippen LogP contribution in [0.2, 0.25) is 0 Å². The Balaban J connectivity index is 1.96. The van der Waals surface area contributed by atoms with E-state index in [1.54, 1.807) is 31.2 Å². The third-order valence-electron chi connectivity index (χ3n) is 3.52. The van der Waals surface area contributed by atoms with Crippen LogP contribution in [-0.2, 0) is 14.8 Å². The molecule has 0 saturated carbocycles. The van der Waals surface area contributed by atoms with Crippen LogP contribution in [-0.4, -0.2) is 27.2 Å². The van der Waals surface area contributed by atoms with Gasteiger partial charge in [-0.15, -0.1) is 11.8 Å². The highest BCUT2D eigenvalue weighted by atomic mass is 32.2. The summed E-state index contributed by atoms with van der Waals surface area (Å²) in [4.78, 5) is 12.4. The predicted octanol–water partition coefficient (Wildman–Crippen LogP) is 2.85. The minimum atomic E-state index is -3.77. The molecular formula is C16H16N2O4S2. The molecule has 2 aromatic carbocycles. The number of amides is 1. The molecule has 0 saturated heterocycles. The molecule has 0 atom stereocenters. The molecule has 24 heavy (non-hydrogen) atoms. The monoisotopic (exact) mass is 364 g/mol. The van der Waals surface area contributed by atoms with Crippen LogP contribution in [0, 0.1) is 6.92 Å². The largest absolute Gasteiger partial charge is 0.482 e. The van der Waals surface area contributed by atoms with Crippen LogP contribution in [0.4, 0.5) is 11.4 Å². The molecule has 1 aliphatic rings. The van der Waals surface area contributed by atoms with Crippen LogP contribution in [0.1, 0.15) is 5.56 Å². The van der Waals surface area contributed by atoms with E-state index in [1.807, 2.05) is 12.3 Å². The third-order valence-corrected chi connectivity index (χ3v) is 5.77. The number of ether oxygens (including phenoxy) is 1. The van der Waals surface area contributed by atoms with Crippen molar-refractivity contribution in [3.8, 4) is 5.75 Å². The van der Waals surface area contributed by atoms with E-state index in [0.717, 1.165) is 4.90 Å². The second kappa shape index (κ2) is 6.37. The van der Waals surface area contributed by atoms with Crippen LogP contribution in [0.3, 0.4) is 0 Å². The summed E-state index contributed by atoms with van der Waals surface area (Å²) in [5.74, 6) is 0.0861. The second-order valence-corrected chi connectivity index (χ2v) is 7.82. The molecule has 1 heterocycles. The summed E-state index contributed by atoms with van der Waals surface area (Å²) in [6.07, 6.45) is 1.92. The predicted molar refractivity (Wildman–Crippen MR) is 94.3 cm³/mol. The van der Waals surface area contributed by atoms with Crippen molar-refractivity contribution >= 4 is 39.1 Å². The highest BCUT2D eigenvalue weighted by Gasteiger charge is 2.23. The Hall–Kier alpha value is -2.19. The molecule has 1 aliphatic heterocycles. The van der Waals surface area contributed by atoms with E-state index < -0.39 is 10.0 Å². The van der Waals surface area contributed by atoms with Crippen molar-refractivity contribution in [2.45, 2.75) is 16.7 Å². The average Bonchev–Trinajstić information content (AvgIpc) is 2.53. The van der Waals surface area contributed by atoms with Crippen molar-refractivity contribution in [1.29, 1.82) is 0 Å². The number of hydrogen-bond donors (Lipinski definition) is 2.